The normalized spacial score (nSPS) is 10.8. The van der Waals surface area contributed by atoms with Crippen molar-refractivity contribution in [1.82, 2.24) is 4.98 Å². The van der Waals surface area contributed by atoms with Gasteiger partial charge in [0.1, 0.15) is 5.75 Å². The second-order valence-corrected chi connectivity index (χ2v) is 7.40. The Morgan fingerprint density at radius 2 is 2.14 bits per heavy atom. The molecule has 118 valence electrons. The van der Waals surface area contributed by atoms with Crippen LogP contribution in [0.1, 0.15) is 35.9 Å². The van der Waals surface area contributed by atoms with Crippen molar-refractivity contribution >= 4 is 38.3 Å². The first-order chi connectivity index (χ1) is 10.4. The number of amides is 1. The standard InChI is InChI=1S/C16H19BrN2O2S/c1-9(2)12-5-6-14(13(17)7-12)21-8-15(20)19-16-18-10(3)11(4)22-16/h5-7,9H,8H2,1-4H3,(H,18,19,20). The fourth-order valence-corrected chi connectivity index (χ4v) is 3.16. The minimum absolute atomic E-state index is 0.0443. The van der Waals surface area contributed by atoms with Gasteiger partial charge in [-0.1, -0.05) is 19.9 Å². The molecule has 2 aromatic rings. The van der Waals surface area contributed by atoms with Crippen LogP contribution in [0, 0.1) is 13.8 Å². The molecular weight excluding hydrogens is 364 g/mol. The van der Waals surface area contributed by atoms with Crippen molar-refractivity contribution in [1.29, 1.82) is 0 Å². The van der Waals surface area contributed by atoms with Gasteiger partial charge in [0.15, 0.2) is 11.7 Å². The molecule has 0 aliphatic carbocycles. The zero-order chi connectivity index (χ0) is 16.3. The Morgan fingerprint density at radius 1 is 1.41 bits per heavy atom. The van der Waals surface area contributed by atoms with Crippen molar-refractivity contribution in [2.45, 2.75) is 33.6 Å². The molecule has 0 aliphatic heterocycles. The summed E-state index contributed by atoms with van der Waals surface area (Å²) in [6, 6.07) is 5.91. The third-order valence-corrected chi connectivity index (χ3v) is 4.86. The number of ether oxygens (including phenoxy) is 1. The third-order valence-electron chi connectivity index (χ3n) is 3.26. The highest BCUT2D eigenvalue weighted by molar-refractivity contribution is 9.10. The fourth-order valence-electron chi connectivity index (χ4n) is 1.82. The molecule has 0 bridgehead atoms. The SMILES string of the molecule is Cc1nc(NC(=O)COc2ccc(C(C)C)cc2Br)sc1C. The number of carbonyl (C=O) groups is 1. The number of hydrogen-bond acceptors (Lipinski definition) is 4. The summed E-state index contributed by atoms with van der Waals surface area (Å²) in [7, 11) is 0. The van der Waals surface area contributed by atoms with Crippen LogP contribution < -0.4 is 10.1 Å². The molecular formula is C16H19BrN2O2S. The summed E-state index contributed by atoms with van der Waals surface area (Å²) in [4.78, 5) is 17.3. The molecule has 0 spiro atoms. The van der Waals surface area contributed by atoms with Gasteiger partial charge >= 0.3 is 0 Å². The predicted molar refractivity (Wildman–Crippen MR) is 93.9 cm³/mol. The number of thiazole rings is 1. The Labute approximate surface area is 143 Å². The van der Waals surface area contributed by atoms with Crippen LogP contribution in [-0.2, 0) is 4.79 Å². The Morgan fingerprint density at radius 3 is 2.68 bits per heavy atom. The average Bonchev–Trinajstić information content (AvgIpc) is 2.75. The number of benzene rings is 1. The van der Waals surface area contributed by atoms with Gasteiger partial charge in [0.2, 0.25) is 0 Å². The van der Waals surface area contributed by atoms with E-state index in [4.69, 9.17) is 4.74 Å². The van der Waals surface area contributed by atoms with Gasteiger partial charge < -0.3 is 4.74 Å². The summed E-state index contributed by atoms with van der Waals surface area (Å²) in [6.45, 7) is 8.12. The zero-order valence-corrected chi connectivity index (χ0v) is 15.5. The van der Waals surface area contributed by atoms with Gasteiger partial charge in [-0.25, -0.2) is 4.98 Å². The Hall–Kier alpha value is -1.40. The first-order valence-corrected chi connectivity index (χ1v) is 8.64. The summed E-state index contributed by atoms with van der Waals surface area (Å²) >= 11 is 4.94. The summed E-state index contributed by atoms with van der Waals surface area (Å²) in [5, 5.41) is 3.36. The van der Waals surface area contributed by atoms with E-state index in [0.717, 1.165) is 15.0 Å². The minimum atomic E-state index is -0.214. The van der Waals surface area contributed by atoms with Gasteiger partial charge in [-0.2, -0.15) is 0 Å². The van der Waals surface area contributed by atoms with E-state index in [1.165, 1.54) is 16.9 Å². The van der Waals surface area contributed by atoms with Crippen molar-refractivity contribution in [2.24, 2.45) is 0 Å². The topological polar surface area (TPSA) is 51.2 Å². The van der Waals surface area contributed by atoms with E-state index in [2.05, 4.69) is 40.1 Å². The molecule has 1 heterocycles. The van der Waals surface area contributed by atoms with Gasteiger partial charge in [0.05, 0.1) is 10.2 Å². The van der Waals surface area contributed by atoms with E-state index in [1.807, 2.05) is 32.0 Å². The third kappa shape index (κ3) is 4.30. The van der Waals surface area contributed by atoms with E-state index in [1.54, 1.807) is 0 Å². The maximum Gasteiger partial charge on any atom is 0.264 e. The number of rotatable bonds is 5. The quantitative estimate of drug-likeness (QED) is 0.817. The lowest BCUT2D eigenvalue weighted by Crippen LogP contribution is -2.20. The molecule has 1 aromatic carbocycles. The lowest BCUT2D eigenvalue weighted by Gasteiger charge is -2.11. The van der Waals surface area contributed by atoms with Crippen molar-refractivity contribution in [3.63, 3.8) is 0 Å². The van der Waals surface area contributed by atoms with Crippen LogP contribution >= 0.6 is 27.3 Å². The van der Waals surface area contributed by atoms with E-state index in [9.17, 15) is 4.79 Å². The molecule has 1 aromatic heterocycles. The van der Waals surface area contributed by atoms with Crippen molar-refractivity contribution in [3.8, 4) is 5.75 Å². The maximum absolute atomic E-state index is 11.9. The molecule has 1 amide bonds. The molecule has 0 unspecified atom stereocenters. The smallest absolute Gasteiger partial charge is 0.264 e. The summed E-state index contributed by atoms with van der Waals surface area (Å²) < 4.78 is 6.41. The molecule has 0 aliphatic rings. The molecule has 4 nitrogen and oxygen atoms in total. The lowest BCUT2D eigenvalue weighted by atomic mass is 10.0. The van der Waals surface area contributed by atoms with Crippen molar-refractivity contribution in [2.75, 3.05) is 11.9 Å². The van der Waals surface area contributed by atoms with E-state index >= 15 is 0 Å². The van der Waals surface area contributed by atoms with E-state index in [-0.39, 0.29) is 12.5 Å². The van der Waals surface area contributed by atoms with Gasteiger partial charge in [-0.15, -0.1) is 11.3 Å². The maximum atomic E-state index is 11.9. The van der Waals surface area contributed by atoms with Crippen LogP contribution in [0.15, 0.2) is 22.7 Å². The number of halogens is 1. The molecule has 1 N–H and O–H groups in total. The number of hydrogen-bond donors (Lipinski definition) is 1. The number of carbonyl (C=O) groups excluding carboxylic acids is 1. The molecule has 0 fully saturated rings. The second-order valence-electron chi connectivity index (χ2n) is 5.34. The molecule has 22 heavy (non-hydrogen) atoms. The average molecular weight is 383 g/mol. The molecule has 0 atom stereocenters. The number of nitrogens with one attached hydrogen (secondary N) is 1. The second kappa shape index (κ2) is 7.24. The number of anilines is 1. The predicted octanol–water partition coefficient (Wildman–Crippen LogP) is 4.66. The number of aromatic nitrogens is 1. The summed E-state index contributed by atoms with van der Waals surface area (Å²) in [5.74, 6) is 0.893. The Kier molecular flexibility index (Phi) is 5.58. The highest BCUT2D eigenvalue weighted by atomic mass is 79.9. The number of nitrogens with zero attached hydrogens (tertiary/aromatic N) is 1. The Balaban J connectivity index is 1.93. The van der Waals surface area contributed by atoms with Crippen LogP contribution in [0.3, 0.4) is 0 Å². The highest BCUT2D eigenvalue weighted by Crippen LogP contribution is 2.29. The van der Waals surface area contributed by atoms with Crippen LogP contribution in [0.5, 0.6) is 5.75 Å². The van der Waals surface area contributed by atoms with Crippen molar-refractivity contribution < 1.29 is 9.53 Å². The highest BCUT2D eigenvalue weighted by Gasteiger charge is 2.10. The monoisotopic (exact) mass is 382 g/mol. The molecule has 0 saturated carbocycles. The van der Waals surface area contributed by atoms with Gasteiger partial charge in [0, 0.05) is 4.88 Å². The fraction of sp³-hybridized carbons (Fsp3) is 0.375. The van der Waals surface area contributed by atoms with Crippen LogP contribution in [0.4, 0.5) is 5.13 Å². The van der Waals surface area contributed by atoms with Gasteiger partial charge in [-0.05, 0) is 53.4 Å². The first kappa shape index (κ1) is 17.0. The van der Waals surface area contributed by atoms with Gasteiger partial charge in [-0.3, -0.25) is 10.1 Å². The van der Waals surface area contributed by atoms with Crippen LogP contribution in [0.2, 0.25) is 0 Å². The Bertz CT molecular complexity index is 663. The zero-order valence-electron chi connectivity index (χ0n) is 13.1. The lowest BCUT2D eigenvalue weighted by molar-refractivity contribution is -0.118. The van der Waals surface area contributed by atoms with Crippen LogP contribution in [0.25, 0.3) is 0 Å². The minimum Gasteiger partial charge on any atom is -0.483 e. The van der Waals surface area contributed by atoms with Crippen molar-refractivity contribution in [3.05, 3.63) is 38.8 Å². The molecule has 0 radical (unpaired) electrons. The van der Waals surface area contributed by atoms with E-state index < -0.39 is 0 Å². The molecule has 0 saturated heterocycles. The largest absolute Gasteiger partial charge is 0.483 e. The first-order valence-electron chi connectivity index (χ1n) is 7.03. The van der Waals surface area contributed by atoms with E-state index in [0.29, 0.717) is 16.8 Å². The molecule has 6 heteroatoms. The summed E-state index contributed by atoms with van der Waals surface area (Å²) in [6.07, 6.45) is 0. The number of aryl methyl sites for hydroxylation is 2. The van der Waals surface area contributed by atoms with Gasteiger partial charge in [0.25, 0.3) is 5.91 Å². The van der Waals surface area contributed by atoms with Crippen LogP contribution in [-0.4, -0.2) is 17.5 Å². The molecule has 2 rings (SSSR count). The summed E-state index contributed by atoms with van der Waals surface area (Å²) in [5.41, 5.74) is 2.16.